The fourth-order valence-corrected chi connectivity index (χ4v) is 6.80. The van der Waals surface area contributed by atoms with Crippen LogP contribution in [0.25, 0.3) is 0 Å². The first-order valence-electron chi connectivity index (χ1n) is 27.3. The Hall–Kier alpha value is -4.77. The van der Waals surface area contributed by atoms with Crippen LogP contribution in [0.4, 0.5) is 0 Å². The monoisotopic (exact) mass is 1030 g/mol. The highest BCUT2D eigenvalue weighted by atomic mass is 16.6. The van der Waals surface area contributed by atoms with E-state index in [1.807, 2.05) is 0 Å². The number of unbranched alkanes of at least 4 members (excludes halogenated alkanes) is 18. The zero-order chi connectivity index (χ0) is 53.1. The summed E-state index contributed by atoms with van der Waals surface area (Å²) in [5, 5.41) is 0. The highest BCUT2D eigenvalue weighted by Gasteiger charge is 2.20. The molecule has 0 rings (SSSR count). The quantitative estimate of drug-likeness (QED) is 0.0313. The number of ether oxygens (including phenoxy) is 9. The lowest BCUT2D eigenvalue weighted by Crippen LogP contribution is -2.30. The lowest BCUT2D eigenvalue weighted by atomic mass is 10.2. The van der Waals surface area contributed by atoms with Crippen LogP contribution in [0.15, 0.2) is 0 Å². The van der Waals surface area contributed by atoms with E-state index in [2.05, 4.69) is 20.8 Å². The summed E-state index contributed by atoms with van der Waals surface area (Å²) < 4.78 is 47.3. The van der Waals surface area contributed by atoms with Gasteiger partial charge in [-0.05, 0) is 77.0 Å². The molecule has 0 aromatic heterocycles. The minimum absolute atomic E-state index is 0.0122. The van der Waals surface area contributed by atoms with Gasteiger partial charge in [0.05, 0.1) is 78.2 Å². The smallest absolute Gasteiger partial charge is 0.306 e. The van der Waals surface area contributed by atoms with Crippen LogP contribution in [-0.2, 0) is 85.8 Å². The molecule has 0 atom stereocenters. The Bertz CT molecular complexity index is 1390. The van der Waals surface area contributed by atoms with E-state index in [4.69, 9.17) is 42.6 Å². The third kappa shape index (κ3) is 47.5. The lowest BCUT2D eigenvalue weighted by Gasteiger charge is -2.18. The van der Waals surface area contributed by atoms with Gasteiger partial charge in [-0.3, -0.25) is 43.2 Å². The second kappa shape index (κ2) is 49.8. The molecule has 416 valence electrons. The molecule has 72 heavy (non-hydrogen) atoms. The molecule has 18 nitrogen and oxygen atoms in total. The molecule has 0 N–H and O–H groups in total. The van der Waals surface area contributed by atoms with Crippen molar-refractivity contribution in [1.29, 1.82) is 0 Å². The molecule has 0 radical (unpaired) electrons. The predicted molar refractivity (Wildman–Crippen MR) is 267 cm³/mol. The van der Waals surface area contributed by atoms with Gasteiger partial charge in [0, 0.05) is 19.3 Å². The SMILES string of the molecule is CCCCCCCOC(=O)CCC(=O)OCCCCCC(=O)OCC(COC(=O)CCCCCOC(=O)CCC(=O)OCCCCCCC)OC(=O)CCCCCOC(=O)CCC(=O)OCCCCCCC. The molecule has 0 amide bonds. The van der Waals surface area contributed by atoms with E-state index in [0.717, 1.165) is 96.3 Å². The summed E-state index contributed by atoms with van der Waals surface area (Å²) in [5.74, 6) is -4.50. The molecule has 0 bridgehead atoms. The van der Waals surface area contributed by atoms with Crippen molar-refractivity contribution in [2.45, 2.75) is 239 Å². The molecular weight excluding hydrogens is 937 g/mol. The van der Waals surface area contributed by atoms with Crippen LogP contribution < -0.4 is 0 Å². The minimum Gasteiger partial charge on any atom is -0.466 e. The Kier molecular flexibility index (Phi) is 46.5. The van der Waals surface area contributed by atoms with Gasteiger partial charge in [-0.15, -0.1) is 0 Å². The summed E-state index contributed by atoms with van der Waals surface area (Å²) in [6, 6.07) is 0. The lowest BCUT2D eigenvalue weighted by molar-refractivity contribution is -0.167. The fraction of sp³-hybridized carbons (Fsp3) is 0.833. The topological polar surface area (TPSA) is 237 Å². The van der Waals surface area contributed by atoms with E-state index in [-0.39, 0.29) is 90.8 Å². The highest BCUT2D eigenvalue weighted by Crippen LogP contribution is 2.11. The van der Waals surface area contributed by atoms with Crippen LogP contribution in [-0.4, -0.2) is 113 Å². The molecule has 0 saturated heterocycles. The van der Waals surface area contributed by atoms with Gasteiger partial charge in [-0.25, -0.2) is 0 Å². The first-order chi connectivity index (χ1) is 34.9. The maximum Gasteiger partial charge on any atom is 0.306 e. The van der Waals surface area contributed by atoms with Crippen LogP contribution in [0.5, 0.6) is 0 Å². The van der Waals surface area contributed by atoms with Crippen molar-refractivity contribution in [2.24, 2.45) is 0 Å². The van der Waals surface area contributed by atoms with Gasteiger partial charge in [-0.1, -0.05) is 97.8 Å². The molecule has 0 spiro atoms. The van der Waals surface area contributed by atoms with Crippen LogP contribution in [0, 0.1) is 0 Å². The van der Waals surface area contributed by atoms with Gasteiger partial charge in [0.1, 0.15) is 13.2 Å². The molecule has 0 aliphatic rings. The molecular formula is C54H92O18. The summed E-state index contributed by atoms with van der Waals surface area (Å²) in [6.07, 6.45) is 18.7. The van der Waals surface area contributed by atoms with Crippen molar-refractivity contribution in [3.63, 3.8) is 0 Å². The third-order valence-electron chi connectivity index (χ3n) is 11.2. The zero-order valence-corrected chi connectivity index (χ0v) is 44.4. The third-order valence-corrected chi connectivity index (χ3v) is 11.2. The first kappa shape index (κ1) is 67.2. The second-order valence-corrected chi connectivity index (χ2v) is 18.0. The highest BCUT2D eigenvalue weighted by molar-refractivity contribution is 5.79. The number of rotatable bonds is 50. The van der Waals surface area contributed by atoms with Gasteiger partial charge in [0.15, 0.2) is 6.10 Å². The Morgan fingerprint density at radius 2 is 0.444 bits per heavy atom. The average Bonchev–Trinajstić information content (AvgIpc) is 3.36. The number of hydrogen-bond acceptors (Lipinski definition) is 18. The first-order valence-corrected chi connectivity index (χ1v) is 27.3. The van der Waals surface area contributed by atoms with E-state index < -0.39 is 59.8 Å². The molecule has 0 aromatic carbocycles. The minimum atomic E-state index is -1.07. The molecule has 0 aliphatic heterocycles. The van der Waals surface area contributed by atoms with E-state index in [1.54, 1.807) is 0 Å². The van der Waals surface area contributed by atoms with Crippen molar-refractivity contribution < 1.29 is 85.8 Å². The van der Waals surface area contributed by atoms with Crippen LogP contribution in [0.3, 0.4) is 0 Å². The fourth-order valence-electron chi connectivity index (χ4n) is 6.80. The maximum atomic E-state index is 12.8. The number of carbonyl (C=O) groups is 9. The van der Waals surface area contributed by atoms with E-state index in [9.17, 15) is 43.2 Å². The van der Waals surface area contributed by atoms with Gasteiger partial charge >= 0.3 is 53.7 Å². The van der Waals surface area contributed by atoms with Crippen molar-refractivity contribution in [1.82, 2.24) is 0 Å². The standard InChI is InChI=1S/C54H92O18/c1-4-7-10-13-22-37-64-48(57)31-34-51(60)67-40-25-16-19-28-46(55)70-43-45(72-54(63)30-21-18-27-42-69-53(62)36-33-50(59)66-39-24-15-12-9-6-3)44-71-47(56)29-20-17-26-41-68-52(61)35-32-49(58)65-38-23-14-11-8-5-2/h45H,4-44H2,1-3H3. The normalized spacial score (nSPS) is 10.8. The van der Waals surface area contributed by atoms with Crippen LogP contribution >= 0.6 is 0 Å². The van der Waals surface area contributed by atoms with Gasteiger partial charge in [0.25, 0.3) is 0 Å². The Morgan fingerprint density at radius 3 is 0.694 bits per heavy atom. The Balaban J connectivity index is 4.64. The van der Waals surface area contributed by atoms with Crippen LogP contribution in [0.1, 0.15) is 233 Å². The largest absolute Gasteiger partial charge is 0.466 e. The average molecular weight is 1030 g/mol. The summed E-state index contributed by atoms with van der Waals surface area (Å²) in [6.45, 7) is 7.13. The molecule has 0 aromatic rings. The maximum absolute atomic E-state index is 12.8. The Morgan fingerprint density at radius 1 is 0.236 bits per heavy atom. The van der Waals surface area contributed by atoms with Gasteiger partial charge in [0.2, 0.25) is 0 Å². The molecule has 0 saturated carbocycles. The molecule has 18 heteroatoms. The summed E-state index contributed by atoms with van der Waals surface area (Å²) in [7, 11) is 0. The zero-order valence-electron chi connectivity index (χ0n) is 44.4. The van der Waals surface area contributed by atoms with Crippen molar-refractivity contribution in [3.8, 4) is 0 Å². The van der Waals surface area contributed by atoms with E-state index in [0.29, 0.717) is 77.6 Å². The van der Waals surface area contributed by atoms with E-state index >= 15 is 0 Å². The number of esters is 9. The van der Waals surface area contributed by atoms with Crippen molar-refractivity contribution >= 4 is 53.7 Å². The van der Waals surface area contributed by atoms with Crippen molar-refractivity contribution in [2.75, 3.05) is 52.9 Å². The molecule has 0 aliphatic carbocycles. The number of carbonyl (C=O) groups excluding carboxylic acids is 9. The van der Waals surface area contributed by atoms with Gasteiger partial charge in [-0.2, -0.15) is 0 Å². The predicted octanol–water partition coefficient (Wildman–Crippen LogP) is 10.2. The Labute approximate surface area is 430 Å². The number of hydrogen-bond donors (Lipinski definition) is 0. The molecule has 0 unspecified atom stereocenters. The summed E-state index contributed by atoms with van der Waals surface area (Å²) in [5.41, 5.74) is 0. The van der Waals surface area contributed by atoms with Crippen LogP contribution in [0.2, 0.25) is 0 Å². The second-order valence-electron chi connectivity index (χ2n) is 18.0. The molecule has 0 fully saturated rings. The van der Waals surface area contributed by atoms with E-state index in [1.165, 1.54) is 0 Å². The van der Waals surface area contributed by atoms with Gasteiger partial charge < -0.3 is 42.6 Å². The summed E-state index contributed by atoms with van der Waals surface area (Å²) in [4.78, 5) is 110. The van der Waals surface area contributed by atoms with Crippen molar-refractivity contribution in [3.05, 3.63) is 0 Å². The summed E-state index contributed by atoms with van der Waals surface area (Å²) >= 11 is 0. The molecule has 0 heterocycles.